The molecule has 0 aliphatic rings. The number of amides is 1. The highest BCUT2D eigenvalue weighted by Gasteiger charge is 2.18. The minimum absolute atomic E-state index is 0.173. The van der Waals surface area contributed by atoms with Gasteiger partial charge < -0.3 is 14.8 Å². The Bertz CT molecular complexity index is 817. The summed E-state index contributed by atoms with van der Waals surface area (Å²) in [6, 6.07) is 26.2. The molecule has 0 radical (unpaired) electrons. The second kappa shape index (κ2) is 8.72. The zero-order chi connectivity index (χ0) is 18.2. The third-order valence-electron chi connectivity index (χ3n) is 3.79. The van der Waals surface area contributed by atoms with Crippen molar-refractivity contribution in [2.24, 2.45) is 0 Å². The van der Waals surface area contributed by atoms with Crippen molar-refractivity contribution in [2.45, 2.75) is 19.4 Å². The lowest BCUT2D eigenvalue weighted by atomic mass is 10.2. The minimum atomic E-state index is -0.544. The van der Waals surface area contributed by atoms with E-state index in [0.717, 1.165) is 5.75 Å². The Balaban J connectivity index is 1.59. The Labute approximate surface area is 153 Å². The number of nitrogens with one attached hydrogen (secondary N) is 1. The molecule has 1 N–H and O–H groups in total. The molecular formula is C22H21NO3. The maximum absolute atomic E-state index is 12.5. The Kier molecular flexibility index (Phi) is 5.88. The van der Waals surface area contributed by atoms with Gasteiger partial charge >= 0.3 is 0 Å². The summed E-state index contributed by atoms with van der Waals surface area (Å²) in [5.41, 5.74) is 0.700. The zero-order valence-electron chi connectivity index (χ0n) is 14.6. The van der Waals surface area contributed by atoms with E-state index in [4.69, 9.17) is 9.47 Å². The van der Waals surface area contributed by atoms with Crippen LogP contribution in [-0.4, -0.2) is 12.0 Å². The largest absolute Gasteiger partial charge is 0.481 e. The van der Waals surface area contributed by atoms with Crippen molar-refractivity contribution in [1.29, 1.82) is 0 Å². The Hall–Kier alpha value is -3.27. The smallest absolute Gasteiger partial charge is 0.265 e. The van der Waals surface area contributed by atoms with E-state index < -0.39 is 6.10 Å². The summed E-state index contributed by atoms with van der Waals surface area (Å²) >= 11 is 0. The van der Waals surface area contributed by atoms with Crippen LogP contribution in [0.25, 0.3) is 0 Å². The third-order valence-corrected chi connectivity index (χ3v) is 3.79. The first kappa shape index (κ1) is 17.5. The van der Waals surface area contributed by atoms with Gasteiger partial charge in [-0.05, 0) is 55.0 Å². The summed E-state index contributed by atoms with van der Waals surface area (Å²) in [5, 5.41) is 2.88. The quantitative estimate of drug-likeness (QED) is 0.633. The molecule has 0 aromatic heterocycles. The van der Waals surface area contributed by atoms with Gasteiger partial charge in [-0.2, -0.15) is 0 Å². The van der Waals surface area contributed by atoms with Crippen molar-refractivity contribution in [2.75, 3.05) is 5.32 Å². The first-order valence-electron chi connectivity index (χ1n) is 8.60. The molecule has 1 atom stereocenters. The van der Waals surface area contributed by atoms with Crippen LogP contribution in [0.15, 0.2) is 84.9 Å². The van der Waals surface area contributed by atoms with Crippen LogP contribution in [0.1, 0.15) is 13.3 Å². The molecule has 3 aromatic carbocycles. The standard InChI is InChI=1S/C22H21NO3/c1-2-21(26-19-11-7-4-8-12-19)22(24)23-17-13-15-20(16-14-17)25-18-9-5-3-6-10-18/h3-16,21H,2H2,1H3,(H,23,24)/t21-/m1/s1. The SMILES string of the molecule is CC[C@@H](Oc1ccccc1)C(=O)Nc1ccc(Oc2ccccc2)cc1. The molecule has 0 bridgehead atoms. The Morgan fingerprint density at radius 1 is 0.808 bits per heavy atom. The third kappa shape index (κ3) is 4.86. The van der Waals surface area contributed by atoms with Crippen LogP contribution >= 0.6 is 0 Å². The van der Waals surface area contributed by atoms with E-state index in [9.17, 15) is 4.79 Å². The maximum atomic E-state index is 12.5. The molecular weight excluding hydrogens is 326 g/mol. The summed E-state index contributed by atoms with van der Waals surface area (Å²) in [6.07, 6.45) is 0.0354. The molecule has 3 rings (SSSR count). The number of anilines is 1. The lowest BCUT2D eigenvalue weighted by Crippen LogP contribution is -2.32. The van der Waals surface area contributed by atoms with Crippen LogP contribution in [0.3, 0.4) is 0 Å². The average Bonchev–Trinajstić information content (AvgIpc) is 2.69. The number of carbonyl (C=O) groups is 1. The van der Waals surface area contributed by atoms with E-state index in [1.165, 1.54) is 0 Å². The van der Waals surface area contributed by atoms with Crippen LogP contribution in [0.2, 0.25) is 0 Å². The number of benzene rings is 3. The molecule has 0 fully saturated rings. The number of hydrogen-bond acceptors (Lipinski definition) is 3. The number of carbonyl (C=O) groups excluding carboxylic acids is 1. The van der Waals surface area contributed by atoms with E-state index in [0.29, 0.717) is 23.6 Å². The molecule has 132 valence electrons. The minimum Gasteiger partial charge on any atom is -0.481 e. The van der Waals surface area contributed by atoms with E-state index in [2.05, 4.69) is 5.32 Å². The van der Waals surface area contributed by atoms with E-state index in [1.54, 1.807) is 0 Å². The number of para-hydroxylation sites is 2. The molecule has 0 saturated carbocycles. The number of ether oxygens (including phenoxy) is 2. The second-order valence-corrected chi connectivity index (χ2v) is 5.76. The Morgan fingerprint density at radius 3 is 1.92 bits per heavy atom. The van der Waals surface area contributed by atoms with Gasteiger partial charge in [0.1, 0.15) is 17.2 Å². The van der Waals surface area contributed by atoms with E-state index >= 15 is 0 Å². The van der Waals surface area contributed by atoms with Gasteiger partial charge in [-0.1, -0.05) is 43.3 Å². The molecule has 0 spiro atoms. The van der Waals surface area contributed by atoms with Gasteiger partial charge in [-0.3, -0.25) is 4.79 Å². The van der Waals surface area contributed by atoms with Crippen LogP contribution in [0.4, 0.5) is 5.69 Å². The van der Waals surface area contributed by atoms with Gasteiger partial charge in [-0.15, -0.1) is 0 Å². The molecule has 0 aliphatic heterocycles. The highest BCUT2D eigenvalue weighted by atomic mass is 16.5. The summed E-state index contributed by atoms with van der Waals surface area (Å²) in [7, 11) is 0. The summed E-state index contributed by atoms with van der Waals surface area (Å²) < 4.78 is 11.5. The van der Waals surface area contributed by atoms with E-state index in [-0.39, 0.29) is 5.91 Å². The topological polar surface area (TPSA) is 47.6 Å². The molecule has 0 saturated heterocycles. The van der Waals surface area contributed by atoms with Gasteiger partial charge in [0.15, 0.2) is 6.10 Å². The van der Waals surface area contributed by atoms with Gasteiger partial charge in [0, 0.05) is 5.69 Å². The predicted octanol–water partition coefficient (Wildman–Crippen LogP) is 5.28. The highest BCUT2D eigenvalue weighted by Crippen LogP contribution is 2.23. The maximum Gasteiger partial charge on any atom is 0.265 e. The van der Waals surface area contributed by atoms with Gasteiger partial charge in [0.05, 0.1) is 0 Å². The fraction of sp³-hybridized carbons (Fsp3) is 0.136. The van der Waals surface area contributed by atoms with Crippen molar-refractivity contribution >= 4 is 11.6 Å². The Morgan fingerprint density at radius 2 is 1.35 bits per heavy atom. The molecule has 0 unspecified atom stereocenters. The van der Waals surface area contributed by atoms with Crippen molar-refractivity contribution in [3.05, 3.63) is 84.9 Å². The molecule has 3 aromatic rings. The molecule has 0 aliphatic carbocycles. The fourth-order valence-electron chi connectivity index (χ4n) is 2.44. The molecule has 26 heavy (non-hydrogen) atoms. The van der Waals surface area contributed by atoms with E-state index in [1.807, 2.05) is 91.9 Å². The van der Waals surface area contributed by atoms with Gasteiger partial charge in [0.25, 0.3) is 5.91 Å². The zero-order valence-corrected chi connectivity index (χ0v) is 14.6. The fourth-order valence-corrected chi connectivity index (χ4v) is 2.44. The molecule has 4 nitrogen and oxygen atoms in total. The lowest BCUT2D eigenvalue weighted by Gasteiger charge is -2.17. The normalized spacial score (nSPS) is 11.4. The van der Waals surface area contributed by atoms with Crippen molar-refractivity contribution in [3.8, 4) is 17.2 Å². The van der Waals surface area contributed by atoms with Crippen LogP contribution < -0.4 is 14.8 Å². The predicted molar refractivity (Wildman–Crippen MR) is 103 cm³/mol. The average molecular weight is 347 g/mol. The summed E-state index contributed by atoms with van der Waals surface area (Å²) in [6.45, 7) is 1.92. The molecule has 0 heterocycles. The first-order valence-corrected chi connectivity index (χ1v) is 8.60. The second-order valence-electron chi connectivity index (χ2n) is 5.76. The van der Waals surface area contributed by atoms with Crippen LogP contribution in [0.5, 0.6) is 17.2 Å². The highest BCUT2D eigenvalue weighted by molar-refractivity contribution is 5.94. The van der Waals surface area contributed by atoms with Gasteiger partial charge in [0.2, 0.25) is 0 Å². The van der Waals surface area contributed by atoms with Crippen LogP contribution in [0, 0.1) is 0 Å². The lowest BCUT2D eigenvalue weighted by molar-refractivity contribution is -0.122. The monoisotopic (exact) mass is 347 g/mol. The summed E-state index contributed by atoms with van der Waals surface area (Å²) in [5.74, 6) is 1.99. The van der Waals surface area contributed by atoms with Crippen molar-refractivity contribution in [3.63, 3.8) is 0 Å². The first-order chi connectivity index (χ1) is 12.7. The van der Waals surface area contributed by atoms with Crippen molar-refractivity contribution < 1.29 is 14.3 Å². The molecule has 1 amide bonds. The molecule has 4 heteroatoms. The number of rotatable bonds is 7. The van der Waals surface area contributed by atoms with Crippen LogP contribution in [-0.2, 0) is 4.79 Å². The van der Waals surface area contributed by atoms with Gasteiger partial charge in [-0.25, -0.2) is 0 Å². The van der Waals surface area contributed by atoms with Crippen molar-refractivity contribution in [1.82, 2.24) is 0 Å². The number of hydrogen-bond donors (Lipinski definition) is 1. The summed E-state index contributed by atoms with van der Waals surface area (Å²) in [4.78, 5) is 12.5.